The summed E-state index contributed by atoms with van der Waals surface area (Å²) in [5.41, 5.74) is 2.06. The Hall–Kier alpha value is -3.26. The summed E-state index contributed by atoms with van der Waals surface area (Å²) in [6, 6.07) is 12.1. The molecule has 0 spiro atoms. The number of aliphatic hydroxyl groups excluding tert-OH is 1. The summed E-state index contributed by atoms with van der Waals surface area (Å²) in [4.78, 5) is 25.9. The quantitative estimate of drug-likeness (QED) is 0.685. The largest absolute Gasteiger partial charge is 0.454 e. The van der Waals surface area contributed by atoms with E-state index in [1.807, 2.05) is 31.1 Å². The zero-order valence-corrected chi connectivity index (χ0v) is 15.1. The first-order valence-corrected chi connectivity index (χ1v) is 8.38. The summed E-state index contributed by atoms with van der Waals surface area (Å²) < 4.78 is 10.4. The normalized spacial score (nSPS) is 13.0. The molecule has 0 radical (unpaired) electrons. The highest BCUT2D eigenvalue weighted by Crippen LogP contribution is 2.34. The van der Waals surface area contributed by atoms with Crippen LogP contribution >= 0.6 is 0 Å². The smallest absolute Gasteiger partial charge is 0.313 e. The monoisotopic (exact) mass is 371 g/mol. The summed E-state index contributed by atoms with van der Waals surface area (Å²) >= 11 is 0. The lowest BCUT2D eigenvalue weighted by Crippen LogP contribution is -2.37. The molecule has 142 valence electrons. The summed E-state index contributed by atoms with van der Waals surface area (Å²) in [6.07, 6.45) is -0.913. The molecule has 8 nitrogen and oxygen atoms in total. The SMILES string of the molecule is CN(C)c1ccc([C@H](O)CNC(=O)C(=O)Nc2ccc3c(c2)OCO3)cc1. The van der Waals surface area contributed by atoms with Crippen molar-refractivity contribution in [1.82, 2.24) is 5.32 Å². The van der Waals surface area contributed by atoms with Crippen LogP contribution in [0.2, 0.25) is 0 Å². The van der Waals surface area contributed by atoms with Gasteiger partial charge in [-0.15, -0.1) is 0 Å². The van der Waals surface area contributed by atoms with Gasteiger partial charge in [0.05, 0.1) is 6.10 Å². The first-order chi connectivity index (χ1) is 12.9. The molecule has 1 aliphatic rings. The van der Waals surface area contributed by atoms with Gasteiger partial charge >= 0.3 is 11.8 Å². The van der Waals surface area contributed by atoms with Gasteiger partial charge in [0.15, 0.2) is 11.5 Å². The van der Waals surface area contributed by atoms with Crippen molar-refractivity contribution in [2.75, 3.05) is 37.6 Å². The highest BCUT2D eigenvalue weighted by Gasteiger charge is 2.18. The number of carbonyl (C=O) groups excluding carboxylic acids is 2. The fraction of sp³-hybridized carbons (Fsp3) is 0.263. The maximum atomic E-state index is 12.0. The van der Waals surface area contributed by atoms with Gasteiger partial charge in [-0.25, -0.2) is 0 Å². The molecule has 0 unspecified atom stereocenters. The number of ether oxygens (including phenoxy) is 2. The minimum absolute atomic E-state index is 0.0747. The Morgan fingerprint density at radius 3 is 2.48 bits per heavy atom. The number of aliphatic hydroxyl groups is 1. The molecule has 1 heterocycles. The first kappa shape index (κ1) is 18.5. The van der Waals surface area contributed by atoms with Crippen LogP contribution in [0.1, 0.15) is 11.7 Å². The van der Waals surface area contributed by atoms with Gasteiger partial charge in [0.1, 0.15) is 0 Å². The lowest BCUT2D eigenvalue weighted by atomic mass is 10.1. The molecule has 0 aliphatic carbocycles. The van der Waals surface area contributed by atoms with E-state index in [-0.39, 0.29) is 13.3 Å². The Bertz CT molecular complexity index is 836. The highest BCUT2D eigenvalue weighted by molar-refractivity contribution is 6.39. The summed E-state index contributed by atoms with van der Waals surface area (Å²) in [5.74, 6) is -0.577. The Balaban J connectivity index is 1.51. The predicted octanol–water partition coefficient (Wildman–Crippen LogP) is 1.27. The van der Waals surface area contributed by atoms with E-state index in [0.717, 1.165) is 5.69 Å². The Morgan fingerprint density at radius 1 is 1.07 bits per heavy atom. The highest BCUT2D eigenvalue weighted by atomic mass is 16.7. The number of hydrogen-bond donors (Lipinski definition) is 3. The number of hydrogen-bond acceptors (Lipinski definition) is 6. The van der Waals surface area contributed by atoms with Crippen molar-refractivity contribution in [3.63, 3.8) is 0 Å². The Kier molecular flexibility index (Phi) is 5.46. The maximum Gasteiger partial charge on any atom is 0.313 e. The van der Waals surface area contributed by atoms with Crippen molar-refractivity contribution >= 4 is 23.2 Å². The number of nitrogens with one attached hydrogen (secondary N) is 2. The molecule has 2 aromatic carbocycles. The van der Waals surface area contributed by atoms with E-state index >= 15 is 0 Å². The third-order valence-corrected chi connectivity index (χ3v) is 4.09. The van der Waals surface area contributed by atoms with Crippen LogP contribution < -0.4 is 25.0 Å². The standard InChI is InChI=1S/C19H21N3O5/c1-22(2)14-6-3-12(4-7-14)15(23)10-20-18(24)19(25)21-13-5-8-16-17(9-13)27-11-26-16/h3-9,15,23H,10-11H2,1-2H3,(H,20,24)(H,21,25)/t15-/m1/s1. The second kappa shape index (κ2) is 7.96. The van der Waals surface area contributed by atoms with Crippen molar-refractivity contribution < 1.29 is 24.2 Å². The average Bonchev–Trinajstić information content (AvgIpc) is 3.13. The second-order valence-corrected chi connectivity index (χ2v) is 6.23. The molecule has 27 heavy (non-hydrogen) atoms. The van der Waals surface area contributed by atoms with Crippen LogP contribution in [0.15, 0.2) is 42.5 Å². The van der Waals surface area contributed by atoms with Crippen molar-refractivity contribution in [1.29, 1.82) is 0 Å². The zero-order valence-electron chi connectivity index (χ0n) is 15.1. The third-order valence-electron chi connectivity index (χ3n) is 4.09. The van der Waals surface area contributed by atoms with E-state index in [4.69, 9.17) is 9.47 Å². The van der Waals surface area contributed by atoms with Crippen LogP contribution in [-0.4, -0.2) is 44.4 Å². The van der Waals surface area contributed by atoms with Crippen LogP contribution in [-0.2, 0) is 9.59 Å². The first-order valence-electron chi connectivity index (χ1n) is 8.38. The molecule has 0 fully saturated rings. The number of fused-ring (bicyclic) bond motifs is 1. The average molecular weight is 371 g/mol. The molecule has 0 aromatic heterocycles. The fourth-order valence-electron chi connectivity index (χ4n) is 2.54. The molecular weight excluding hydrogens is 350 g/mol. The summed E-state index contributed by atoms with van der Waals surface area (Å²) in [7, 11) is 3.84. The van der Waals surface area contributed by atoms with Crippen molar-refractivity contribution in [2.24, 2.45) is 0 Å². The van der Waals surface area contributed by atoms with Gasteiger partial charge in [0, 0.05) is 38.1 Å². The number of benzene rings is 2. The van der Waals surface area contributed by atoms with Crippen LogP contribution in [0, 0.1) is 0 Å². The summed E-state index contributed by atoms with van der Waals surface area (Å²) in [6.45, 7) is 0.0509. The van der Waals surface area contributed by atoms with E-state index in [2.05, 4.69) is 10.6 Å². The molecule has 1 aliphatic heterocycles. The fourth-order valence-corrected chi connectivity index (χ4v) is 2.54. The van der Waals surface area contributed by atoms with Gasteiger partial charge in [-0.1, -0.05) is 12.1 Å². The molecule has 3 N–H and O–H groups in total. The van der Waals surface area contributed by atoms with Gasteiger partial charge in [-0.05, 0) is 29.8 Å². The molecule has 0 bridgehead atoms. The van der Waals surface area contributed by atoms with Gasteiger partial charge < -0.3 is 30.1 Å². The van der Waals surface area contributed by atoms with Crippen LogP contribution in [0.5, 0.6) is 11.5 Å². The molecule has 3 rings (SSSR count). The van der Waals surface area contributed by atoms with Gasteiger partial charge in [-0.3, -0.25) is 9.59 Å². The van der Waals surface area contributed by atoms with Crippen molar-refractivity contribution in [3.05, 3.63) is 48.0 Å². The third kappa shape index (κ3) is 4.48. The number of rotatable bonds is 5. The van der Waals surface area contributed by atoms with E-state index in [9.17, 15) is 14.7 Å². The Morgan fingerprint density at radius 2 is 1.78 bits per heavy atom. The van der Waals surface area contributed by atoms with Crippen LogP contribution in [0.25, 0.3) is 0 Å². The van der Waals surface area contributed by atoms with Gasteiger partial charge in [0.2, 0.25) is 6.79 Å². The number of anilines is 2. The molecule has 1 atom stereocenters. The summed E-state index contributed by atoms with van der Waals surface area (Å²) in [5, 5.41) is 15.1. The molecule has 8 heteroatoms. The molecule has 2 aromatic rings. The Labute approximate surface area is 156 Å². The van der Waals surface area contributed by atoms with E-state index in [0.29, 0.717) is 22.7 Å². The van der Waals surface area contributed by atoms with E-state index in [1.54, 1.807) is 30.3 Å². The molecular formula is C19H21N3O5. The van der Waals surface area contributed by atoms with Gasteiger partial charge in [0.25, 0.3) is 0 Å². The minimum Gasteiger partial charge on any atom is -0.454 e. The van der Waals surface area contributed by atoms with Crippen molar-refractivity contribution in [2.45, 2.75) is 6.10 Å². The number of amides is 2. The van der Waals surface area contributed by atoms with Crippen LogP contribution in [0.3, 0.4) is 0 Å². The number of nitrogens with zero attached hydrogens (tertiary/aromatic N) is 1. The zero-order chi connectivity index (χ0) is 19.4. The second-order valence-electron chi connectivity index (χ2n) is 6.23. The van der Waals surface area contributed by atoms with E-state index in [1.165, 1.54) is 0 Å². The molecule has 0 saturated carbocycles. The van der Waals surface area contributed by atoms with E-state index < -0.39 is 17.9 Å². The maximum absolute atomic E-state index is 12.0. The number of carbonyl (C=O) groups is 2. The molecule has 2 amide bonds. The minimum atomic E-state index is -0.913. The lowest BCUT2D eigenvalue weighted by molar-refractivity contribution is -0.136. The topological polar surface area (TPSA) is 100 Å². The van der Waals surface area contributed by atoms with Gasteiger partial charge in [-0.2, -0.15) is 0 Å². The predicted molar refractivity (Wildman–Crippen MR) is 99.9 cm³/mol. The lowest BCUT2D eigenvalue weighted by Gasteiger charge is -2.15. The van der Waals surface area contributed by atoms with Crippen LogP contribution in [0.4, 0.5) is 11.4 Å². The molecule has 0 saturated heterocycles. The van der Waals surface area contributed by atoms with Crippen molar-refractivity contribution in [3.8, 4) is 11.5 Å².